The number of benzene rings is 1. The normalized spacial score (nSPS) is 15.8. The van der Waals surface area contributed by atoms with Gasteiger partial charge < -0.3 is 9.30 Å². The minimum absolute atomic E-state index is 0.166. The molecule has 4 aromatic rings. The third-order valence-corrected chi connectivity index (χ3v) is 7.94. The van der Waals surface area contributed by atoms with E-state index in [1.807, 2.05) is 42.0 Å². The van der Waals surface area contributed by atoms with E-state index in [-0.39, 0.29) is 18.9 Å². The molecule has 33 heavy (non-hydrogen) atoms. The van der Waals surface area contributed by atoms with E-state index in [0.29, 0.717) is 29.3 Å². The summed E-state index contributed by atoms with van der Waals surface area (Å²) in [6, 6.07) is 7.78. The Morgan fingerprint density at radius 2 is 2.09 bits per heavy atom. The fraction of sp³-hybridized carbons (Fsp3) is 0.261. The van der Waals surface area contributed by atoms with E-state index in [2.05, 4.69) is 9.97 Å². The summed E-state index contributed by atoms with van der Waals surface area (Å²) < 4.78 is 34.2. The van der Waals surface area contributed by atoms with Crippen molar-refractivity contribution in [2.45, 2.75) is 26.5 Å². The topological polar surface area (TPSA) is 90.2 Å². The SMILES string of the molecule is Cc1cc(-n2ccnc2)c2cccc(OCc3c(Cl)cncc3CN3CCCS3(=O)=O)c2n1. The first-order valence-electron chi connectivity index (χ1n) is 10.5. The lowest BCUT2D eigenvalue weighted by Gasteiger charge is -2.18. The van der Waals surface area contributed by atoms with Crippen LogP contribution >= 0.6 is 11.6 Å². The smallest absolute Gasteiger partial charge is 0.214 e. The third-order valence-electron chi connectivity index (χ3n) is 5.71. The van der Waals surface area contributed by atoms with Crippen molar-refractivity contribution in [3.05, 3.63) is 77.2 Å². The van der Waals surface area contributed by atoms with E-state index in [4.69, 9.17) is 21.3 Å². The van der Waals surface area contributed by atoms with E-state index in [9.17, 15) is 8.42 Å². The molecule has 3 aromatic heterocycles. The van der Waals surface area contributed by atoms with Gasteiger partial charge in [-0.25, -0.2) is 18.4 Å². The molecule has 5 rings (SSSR count). The number of hydrogen-bond donors (Lipinski definition) is 0. The Kier molecular flexibility index (Phi) is 5.77. The molecular weight excluding hydrogens is 462 g/mol. The number of sulfonamides is 1. The molecule has 0 saturated carbocycles. The van der Waals surface area contributed by atoms with Crippen LogP contribution in [0.5, 0.6) is 5.75 Å². The zero-order valence-electron chi connectivity index (χ0n) is 18.0. The molecule has 0 bridgehead atoms. The van der Waals surface area contributed by atoms with Crippen molar-refractivity contribution >= 4 is 32.5 Å². The van der Waals surface area contributed by atoms with E-state index in [0.717, 1.165) is 27.8 Å². The van der Waals surface area contributed by atoms with Crippen LogP contribution in [0.3, 0.4) is 0 Å². The lowest BCUT2D eigenvalue weighted by molar-refractivity contribution is 0.306. The maximum Gasteiger partial charge on any atom is 0.214 e. The van der Waals surface area contributed by atoms with E-state index in [1.54, 1.807) is 24.9 Å². The Bertz CT molecular complexity index is 1420. The number of pyridine rings is 2. The molecule has 8 nitrogen and oxygen atoms in total. The first-order valence-corrected chi connectivity index (χ1v) is 12.5. The first kappa shape index (κ1) is 21.8. The lowest BCUT2D eigenvalue weighted by Crippen LogP contribution is -2.26. The van der Waals surface area contributed by atoms with Gasteiger partial charge in [0.05, 0.1) is 22.8 Å². The molecule has 1 aliphatic heterocycles. The van der Waals surface area contributed by atoms with Gasteiger partial charge in [-0.3, -0.25) is 4.98 Å². The summed E-state index contributed by atoms with van der Waals surface area (Å²) in [6.45, 7) is 2.83. The fourth-order valence-corrected chi connectivity index (χ4v) is 5.80. The van der Waals surface area contributed by atoms with Crippen molar-refractivity contribution in [2.75, 3.05) is 12.3 Å². The summed E-state index contributed by atoms with van der Waals surface area (Å²) in [6.07, 6.45) is 9.19. The first-order chi connectivity index (χ1) is 15.9. The molecule has 0 N–H and O–H groups in total. The lowest BCUT2D eigenvalue weighted by atomic mass is 10.1. The van der Waals surface area contributed by atoms with E-state index >= 15 is 0 Å². The number of nitrogens with zero attached hydrogens (tertiary/aromatic N) is 5. The average Bonchev–Trinajstić information content (AvgIpc) is 3.43. The molecule has 1 fully saturated rings. The molecule has 1 aromatic carbocycles. The second-order valence-corrected chi connectivity index (χ2v) is 10.5. The molecule has 1 saturated heterocycles. The number of halogens is 1. The van der Waals surface area contributed by atoms with Gasteiger partial charge >= 0.3 is 0 Å². The molecular formula is C23H22ClN5O3S. The Hall–Kier alpha value is -3.01. The number of rotatable bonds is 6. The molecule has 0 aliphatic carbocycles. The van der Waals surface area contributed by atoms with Crippen molar-refractivity contribution in [1.29, 1.82) is 0 Å². The van der Waals surface area contributed by atoms with Crippen LogP contribution in [0.2, 0.25) is 5.02 Å². The van der Waals surface area contributed by atoms with Crippen LogP contribution in [-0.2, 0) is 23.2 Å². The highest BCUT2D eigenvalue weighted by atomic mass is 35.5. The highest BCUT2D eigenvalue weighted by Crippen LogP contribution is 2.31. The standard InChI is InChI=1S/C23H22ClN5O3S/c1-16-10-21(28-8-6-25-15-28)18-4-2-5-22(23(18)27-16)32-14-19-17(11-26-12-20(19)24)13-29-7-3-9-33(29,30)31/h2,4-6,8,10-12,15H,3,7,9,13-14H2,1H3. The number of fused-ring (bicyclic) bond motifs is 1. The van der Waals surface area contributed by atoms with Crippen molar-refractivity contribution in [3.63, 3.8) is 0 Å². The summed E-state index contributed by atoms with van der Waals surface area (Å²) in [7, 11) is -3.24. The quantitative estimate of drug-likeness (QED) is 0.413. The summed E-state index contributed by atoms with van der Waals surface area (Å²) in [5.41, 5.74) is 3.99. The fourth-order valence-electron chi connectivity index (χ4n) is 4.07. The Balaban J connectivity index is 1.48. The van der Waals surface area contributed by atoms with Gasteiger partial charge in [-0.2, -0.15) is 4.31 Å². The zero-order chi connectivity index (χ0) is 23.0. The molecule has 0 radical (unpaired) electrons. The van der Waals surface area contributed by atoms with Crippen molar-refractivity contribution in [3.8, 4) is 11.4 Å². The van der Waals surface area contributed by atoms with Crippen LogP contribution in [0.25, 0.3) is 16.6 Å². The Morgan fingerprint density at radius 3 is 2.85 bits per heavy atom. The molecule has 0 unspecified atom stereocenters. The van der Waals surface area contributed by atoms with E-state index in [1.165, 1.54) is 4.31 Å². The number of aromatic nitrogens is 4. The second-order valence-electron chi connectivity index (χ2n) is 7.96. The Morgan fingerprint density at radius 1 is 1.21 bits per heavy atom. The average molecular weight is 484 g/mol. The van der Waals surface area contributed by atoms with Gasteiger partial charge in [0, 0.05) is 54.5 Å². The summed E-state index contributed by atoms with van der Waals surface area (Å²) in [4.78, 5) is 13.0. The number of hydrogen-bond acceptors (Lipinski definition) is 6. The third kappa shape index (κ3) is 4.31. The molecule has 1 aliphatic rings. The molecule has 4 heterocycles. The largest absolute Gasteiger partial charge is 0.487 e. The van der Waals surface area contributed by atoms with Crippen LogP contribution in [0.4, 0.5) is 0 Å². The predicted octanol–water partition coefficient (Wildman–Crippen LogP) is 3.89. The van der Waals surface area contributed by atoms with Gasteiger partial charge in [-0.05, 0) is 31.0 Å². The molecule has 10 heteroatoms. The van der Waals surface area contributed by atoms with E-state index < -0.39 is 10.0 Å². The van der Waals surface area contributed by atoms with Crippen LogP contribution in [0.15, 0.2) is 55.4 Å². The van der Waals surface area contributed by atoms with Crippen molar-refractivity contribution < 1.29 is 13.2 Å². The predicted molar refractivity (Wildman–Crippen MR) is 126 cm³/mol. The maximum absolute atomic E-state index is 12.3. The van der Waals surface area contributed by atoms with Gasteiger partial charge in [0.2, 0.25) is 10.0 Å². The Labute approximate surface area is 196 Å². The monoisotopic (exact) mass is 483 g/mol. The summed E-state index contributed by atoms with van der Waals surface area (Å²) in [5.74, 6) is 0.790. The van der Waals surface area contributed by atoms with Crippen LogP contribution in [-0.4, -0.2) is 44.5 Å². The van der Waals surface area contributed by atoms with Crippen LogP contribution in [0.1, 0.15) is 23.2 Å². The highest BCUT2D eigenvalue weighted by molar-refractivity contribution is 7.89. The highest BCUT2D eigenvalue weighted by Gasteiger charge is 2.29. The minimum Gasteiger partial charge on any atom is -0.487 e. The van der Waals surface area contributed by atoms with Gasteiger partial charge in [0.1, 0.15) is 17.9 Å². The second kappa shape index (κ2) is 8.74. The zero-order valence-corrected chi connectivity index (χ0v) is 19.6. The minimum atomic E-state index is -3.24. The molecule has 0 amide bonds. The van der Waals surface area contributed by atoms with Crippen molar-refractivity contribution in [2.24, 2.45) is 0 Å². The van der Waals surface area contributed by atoms with Gasteiger partial charge in [-0.15, -0.1) is 0 Å². The number of ether oxygens (including phenoxy) is 1. The number of imidazole rings is 1. The van der Waals surface area contributed by atoms with Gasteiger partial charge in [-0.1, -0.05) is 23.7 Å². The van der Waals surface area contributed by atoms with Crippen LogP contribution < -0.4 is 4.74 Å². The van der Waals surface area contributed by atoms with Gasteiger partial charge in [0.15, 0.2) is 0 Å². The number of para-hydroxylation sites is 1. The summed E-state index contributed by atoms with van der Waals surface area (Å²) in [5, 5.41) is 1.37. The molecule has 170 valence electrons. The maximum atomic E-state index is 12.3. The summed E-state index contributed by atoms with van der Waals surface area (Å²) >= 11 is 6.45. The van der Waals surface area contributed by atoms with Crippen LogP contribution in [0, 0.1) is 6.92 Å². The molecule has 0 spiro atoms. The van der Waals surface area contributed by atoms with Gasteiger partial charge in [0.25, 0.3) is 0 Å². The number of aryl methyl sites for hydroxylation is 1. The van der Waals surface area contributed by atoms with Crippen molar-refractivity contribution in [1.82, 2.24) is 23.8 Å². The molecule has 0 atom stereocenters.